The number of thiol groups is 1. The lowest BCUT2D eigenvalue weighted by molar-refractivity contribution is -0.142. The van der Waals surface area contributed by atoms with Crippen molar-refractivity contribution in [2.45, 2.75) is 63.7 Å². The van der Waals surface area contributed by atoms with Crippen LogP contribution in [-0.2, 0) is 25.6 Å². The Morgan fingerprint density at radius 3 is 2.39 bits per heavy atom. The summed E-state index contributed by atoms with van der Waals surface area (Å²) in [4.78, 5) is 53.7. The van der Waals surface area contributed by atoms with Gasteiger partial charge < -0.3 is 31.4 Å². The van der Waals surface area contributed by atoms with Crippen molar-refractivity contribution in [1.82, 2.24) is 26.3 Å². The van der Waals surface area contributed by atoms with Crippen LogP contribution in [0.1, 0.15) is 38.7 Å². The number of carbonyl (C=O) groups is 4. The fourth-order valence-electron chi connectivity index (χ4n) is 4.34. The van der Waals surface area contributed by atoms with Gasteiger partial charge in [0.25, 0.3) is 0 Å². The van der Waals surface area contributed by atoms with Gasteiger partial charge in [-0.2, -0.15) is 12.6 Å². The van der Waals surface area contributed by atoms with Gasteiger partial charge in [-0.1, -0.05) is 32.0 Å². The minimum Gasteiger partial charge on any atom is -0.480 e. The first-order chi connectivity index (χ1) is 17.2. The molecule has 3 amide bonds. The highest BCUT2D eigenvalue weighted by Gasteiger charge is 2.31. The number of amides is 3. The molecule has 3 rings (SSSR count). The highest BCUT2D eigenvalue weighted by molar-refractivity contribution is 7.80. The molecule has 6 N–H and O–H groups in total. The Morgan fingerprint density at radius 1 is 1.06 bits per heavy atom. The monoisotopic (exact) mass is 517 g/mol. The molecule has 1 fully saturated rings. The average Bonchev–Trinajstić information content (AvgIpc) is 3.52. The Morgan fingerprint density at radius 2 is 1.75 bits per heavy atom. The van der Waals surface area contributed by atoms with Crippen LogP contribution in [0.5, 0.6) is 0 Å². The Labute approximate surface area is 215 Å². The molecule has 36 heavy (non-hydrogen) atoms. The zero-order valence-electron chi connectivity index (χ0n) is 20.5. The van der Waals surface area contributed by atoms with Crippen LogP contribution in [0.2, 0.25) is 0 Å². The number of H-pyrrole nitrogens is 1. The van der Waals surface area contributed by atoms with Gasteiger partial charge in [0.15, 0.2) is 0 Å². The maximum Gasteiger partial charge on any atom is 0.326 e. The highest BCUT2D eigenvalue weighted by atomic mass is 32.1. The first kappa shape index (κ1) is 27.5. The van der Waals surface area contributed by atoms with E-state index in [1.807, 2.05) is 38.1 Å². The molecule has 1 saturated heterocycles. The smallest absolute Gasteiger partial charge is 0.326 e. The maximum absolute atomic E-state index is 13.3. The van der Waals surface area contributed by atoms with Gasteiger partial charge in [-0.25, -0.2) is 4.79 Å². The summed E-state index contributed by atoms with van der Waals surface area (Å²) in [5, 5.41) is 21.5. The van der Waals surface area contributed by atoms with Crippen molar-refractivity contribution in [3.05, 3.63) is 36.0 Å². The summed E-state index contributed by atoms with van der Waals surface area (Å²) in [5.74, 6) is -2.59. The number of aromatic amines is 1. The SMILES string of the molecule is CC(C)CC(NC(=O)C(CS)NC(=O)C(Cc1c[nH]c2ccccc12)NC(=O)C1CCCN1)C(=O)O. The van der Waals surface area contributed by atoms with Gasteiger partial charge in [-0.15, -0.1) is 0 Å². The molecular weight excluding hydrogens is 482 g/mol. The molecule has 0 aliphatic carbocycles. The number of nitrogens with one attached hydrogen (secondary N) is 5. The van der Waals surface area contributed by atoms with Crippen molar-refractivity contribution < 1.29 is 24.3 Å². The summed E-state index contributed by atoms with van der Waals surface area (Å²) >= 11 is 4.20. The molecule has 0 spiro atoms. The van der Waals surface area contributed by atoms with Crippen molar-refractivity contribution in [3.63, 3.8) is 0 Å². The lowest BCUT2D eigenvalue weighted by Gasteiger charge is -2.25. The van der Waals surface area contributed by atoms with E-state index in [0.29, 0.717) is 6.42 Å². The van der Waals surface area contributed by atoms with E-state index in [4.69, 9.17) is 0 Å². The number of aliphatic carboxylic acids is 1. The molecule has 4 atom stereocenters. The molecule has 196 valence electrons. The number of aromatic nitrogens is 1. The van der Waals surface area contributed by atoms with E-state index in [-0.39, 0.29) is 36.5 Å². The van der Waals surface area contributed by atoms with Crippen LogP contribution in [0.3, 0.4) is 0 Å². The van der Waals surface area contributed by atoms with Gasteiger partial charge in [0.1, 0.15) is 18.1 Å². The van der Waals surface area contributed by atoms with Crippen molar-refractivity contribution >= 4 is 47.2 Å². The average molecular weight is 518 g/mol. The second-order valence-electron chi connectivity index (χ2n) is 9.55. The Hall–Kier alpha value is -3.05. The number of hydrogen-bond acceptors (Lipinski definition) is 6. The summed E-state index contributed by atoms with van der Waals surface area (Å²) < 4.78 is 0. The van der Waals surface area contributed by atoms with E-state index >= 15 is 0 Å². The quantitative estimate of drug-likeness (QED) is 0.208. The molecule has 0 radical (unpaired) electrons. The second-order valence-corrected chi connectivity index (χ2v) is 9.91. The summed E-state index contributed by atoms with van der Waals surface area (Å²) in [6.45, 7) is 4.45. The standard InChI is InChI=1S/C25H35N5O5S/c1-14(2)10-20(25(34)35)29-24(33)21(13-36)30-23(32)19(28-22(31)18-8-5-9-26-18)11-15-12-27-17-7-4-3-6-16(15)17/h3-4,6-7,12,14,18-21,26-27,36H,5,8-11,13H2,1-2H3,(H,28,31)(H,29,33)(H,30,32)(H,34,35). The molecule has 2 heterocycles. The van der Waals surface area contributed by atoms with Crippen molar-refractivity contribution in [2.75, 3.05) is 12.3 Å². The van der Waals surface area contributed by atoms with Crippen molar-refractivity contribution in [3.8, 4) is 0 Å². The fraction of sp³-hybridized carbons (Fsp3) is 0.520. The number of carbonyl (C=O) groups excluding carboxylic acids is 3. The number of para-hydroxylation sites is 1. The van der Waals surface area contributed by atoms with Crippen LogP contribution in [0, 0.1) is 5.92 Å². The first-order valence-corrected chi connectivity index (χ1v) is 12.9. The Kier molecular flexibility index (Phi) is 9.77. The minimum absolute atomic E-state index is 0.0382. The summed E-state index contributed by atoms with van der Waals surface area (Å²) in [7, 11) is 0. The van der Waals surface area contributed by atoms with Gasteiger partial charge in [-0.3, -0.25) is 14.4 Å². The summed E-state index contributed by atoms with van der Waals surface area (Å²) in [6.07, 6.45) is 3.82. The van der Waals surface area contributed by atoms with Crippen LogP contribution in [0.25, 0.3) is 10.9 Å². The maximum atomic E-state index is 13.3. The molecule has 2 aromatic rings. The van der Waals surface area contributed by atoms with E-state index in [0.717, 1.165) is 29.4 Å². The third-order valence-electron chi connectivity index (χ3n) is 6.25. The van der Waals surface area contributed by atoms with E-state index in [9.17, 15) is 24.3 Å². The third kappa shape index (κ3) is 7.23. The zero-order chi connectivity index (χ0) is 26.2. The van der Waals surface area contributed by atoms with E-state index in [1.165, 1.54) is 0 Å². The number of hydrogen-bond donors (Lipinski definition) is 7. The summed E-state index contributed by atoms with van der Waals surface area (Å²) in [5.41, 5.74) is 1.76. The normalized spacial score (nSPS) is 17.9. The van der Waals surface area contributed by atoms with E-state index < -0.39 is 35.9 Å². The van der Waals surface area contributed by atoms with Gasteiger partial charge in [0.2, 0.25) is 17.7 Å². The van der Waals surface area contributed by atoms with Crippen molar-refractivity contribution in [2.24, 2.45) is 5.92 Å². The molecule has 0 saturated carbocycles. The number of carboxylic acid groups (broad SMARTS) is 1. The Balaban J connectivity index is 1.75. The number of benzene rings is 1. The third-order valence-corrected chi connectivity index (χ3v) is 6.61. The van der Waals surface area contributed by atoms with Crippen LogP contribution in [0.4, 0.5) is 0 Å². The molecule has 1 aliphatic rings. The topological polar surface area (TPSA) is 152 Å². The predicted octanol–water partition coefficient (Wildman–Crippen LogP) is 0.977. The van der Waals surface area contributed by atoms with E-state index in [2.05, 4.69) is 38.9 Å². The molecule has 1 aromatic carbocycles. The fourth-order valence-corrected chi connectivity index (χ4v) is 4.60. The molecule has 1 aliphatic heterocycles. The highest BCUT2D eigenvalue weighted by Crippen LogP contribution is 2.19. The number of fused-ring (bicyclic) bond motifs is 1. The number of rotatable bonds is 12. The minimum atomic E-state index is -1.14. The largest absolute Gasteiger partial charge is 0.480 e. The van der Waals surface area contributed by atoms with Crippen LogP contribution in [0.15, 0.2) is 30.5 Å². The number of carboxylic acids is 1. The van der Waals surface area contributed by atoms with Gasteiger partial charge in [-0.05, 0) is 43.4 Å². The summed E-state index contributed by atoms with van der Waals surface area (Å²) in [6, 6.07) is 4.19. The van der Waals surface area contributed by atoms with Gasteiger partial charge in [0.05, 0.1) is 6.04 Å². The predicted molar refractivity (Wildman–Crippen MR) is 140 cm³/mol. The molecular formula is C25H35N5O5S. The molecule has 0 bridgehead atoms. The van der Waals surface area contributed by atoms with Crippen LogP contribution in [-0.4, -0.2) is 70.2 Å². The van der Waals surface area contributed by atoms with Crippen LogP contribution < -0.4 is 21.3 Å². The molecule has 10 nitrogen and oxygen atoms in total. The van der Waals surface area contributed by atoms with Crippen molar-refractivity contribution in [1.29, 1.82) is 0 Å². The second kappa shape index (κ2) is 12.8. The van der Waals surface area contributed by atoms with E-state index in [1.54, 1.807) is 6.20 Å². The lowest BCUT2D eigenvalue weighted by Crippen LogP contribution is -2.58. The van der Waals surface area contributed by atoms with Crippen LogP contribution >= 0.6 is 12.6 Å². The molecule has 11 heteroatoms. The Bertz CT molecular complexity index is 1080. The van der Waals surface area contributed by atoms with Gasteiger partial charge >= 0.3 is 5.97 Å². The zero-order valence-corrected chi connectivity index (χ0v) is 21.4. The molecule has 1 aromatic heterocycles. The van der Waals surface area contributed by atoms with Gasteiger partial charge in [0, 0.05) is 29.3 Å². The first-order valence-electron chi connectivity index (χ1n) is 12.2. The lowest BCUT2D eigenvalue weighted by atomic mass is 10.0. The molecule has 4 unspecified atom stereocenters.